The highest BCUT2D eigenvalue weighted by atomic mass is 16.5. The molecule has 1 aliphatic heterocycles. The van der Waals surface area contributed by atoms with Crippen molar-refractivity contribution in [2.45, 2.75) is 32.2 Å². The molecule has 0 atom stereocenters. The van der Waals surface area contributed by atoms with Crippen molar-refractivity contribution >= 4 is 17.5 Å². The number of anilines is 1. The highest BCUT2D eigenvalue weighted by Gasteiger charge is 2.24. The van der Waals surface area contributed by atoms with Crippen molar-refractivity contribution in [3.8, 4) is 11.5 Å². The van der Waals surface area contributed by atoms with Crippen molar-refractivity contribution in [1.82, 2.24) is 10.3 Å². The lowest BCUT2D eigenvalue weighted by molar-refractivity contribution is -0.118. The minimum Gasteiger partial charge on any atom is -0.497 e. The predicted octanol–water partition coefficient (Wildman–Crippen LogP) is 3.94. The summed E-state index contributed by atoms with van der Waals surface area (Å²) >= 11 is 0. The number of aromatic nitrogens is 1. The maximum atomic E-state index is 13.0. The molecule has 2 heterocycles. The number of amides is 2. The minimum atomic E-state index is -0.251. The van der Waals surface area contributed by atoms with Gasteiger partial charge in [-0.25, -0.2) is 0 Å². The van der Waals surface area contributed by atoms with Crippen LogP contribution in [0.3, 0.4) is 0 Å². The van der Waals surface area contributed by atoms with Crippen LogP contribution in [0.15, 0.2) is 60.8 Å². The highest BCUT2D eigenvalue weighted by molar-refractivity contribution is 5.98. The normalized spacial score (nSPS) is 12.6. The Kier molecular flexibility index (Phi) is 7.42. The standard InChI is InChI=1S/C27H29N3O4/c1-33-22-13-20(14-23(16-22)34-2)17-29-27(32)21-15-25-24(28-18-21)9-6-12-30(25)26(31)11-10-19-7-4-3-5-8-19/h3-5,7-8,13-16,18H,6,9-12,17H2,1-2H3,(H,29,32). The summed E-state index contributed by atoms with van der Waals surface area (Å²) in [5.41, 5.74) is 4.01. The molecular weight excluding hydrogens is 430 g/mol. The second kappa shape index (κ2) is 10.8. The van der Waals surface area contributed by atoms with Gasteiger partial charge in [-0.1, -0.05) is 30.3 Å². The number of carbonyl (C=O) groups is 2. The van der Waals surface area contributed by atoms with Gasteiger partial charge in [0.05, 0.1) is 31.2 Å². The van der Waals surface area contributed by atoms with Crippen LogP contribution in [0.25, 0.3) is 0 Å². The lowest BCUT2D eigenvalue weighted by Crippen LogP contribution is -2.36. The fourth-order valence-electron chi connectivity index (χ4n) is 4.10. The molecule has 3 aromatic rings. The largest absolute Gasteiger partial charge is 0.497 e. The van der Waals surface area contributed by atoms with Crippen LogP contribution in [-0.4, -0.2) is 37.6 Å². The molecule has 1 aliphatic rings. The van der Waals surface area contributed by atoms with E-state index < -0.39 is 0 Å². The van der Waals surface area contributed by atoms with Gasteiger partial charge in [0, 0.05) is 31.8 Å². The average Bonchev–Trinajstić information content (AvgIpc) is 2.90. The fraction of sp³-hybridized carbons (Fsp3) is 0.296. The number of fused-ring (bicyclic) bond motifs is 1. The molecule has 34 heavy (non-hydrogen) atoms. The van der Waals surface area contributed by atoms with E-state index in [4.69, 9.17) is 9.47 Å². The second-order valence-corrected chi connectivity index (χ2v) is 8.23. The van der Waals surface area contributed by atoms with E-state index in [-0.39, 0.29) is 11.8 Å². The van der Waals surface area contributed by atoms with Gasteiger partial charge in [0.25, 0.3) is 5.91 Å². The smallest absolute Gasteiger partial charge is 0.253 e. The van der Waals surface area contributed by atoms with Crippen LogP contribution in [0.1, 0.15) is 40.0 Å². The molecule has 2 amide bonds. The number of carbonyl (C=O) groups excluding carboxylic acids is 2. The van der Waals surface area contributed by atoms with E-state index >= 15 is 0 Å². The maximum Gasteiger partial charge on any atom is 0.253 e. The average molecular weight is 460 g/mol. The van der Waals surface area contributed by atoms with Gasteiger partial charge < -0.3 is 19.7 Å². The number of hydrogen-bond acceptors (Lipinski definition) is 5. The first-order chi connectivity index (χ1) is 16.6. The number of nitrogens with one attached hydrogen (secondary N) is 1. The third-order valence-electron chi connectivity index (χ3n) is 5.93. The molecule has 176 valence electrons. The van der Waals surface area contributed by atoms with Crippen LogP contribution >= 0.6 is 0 Å². The molecule has 0 radical (unpaired) electrons. The number of methoxy groups -OCH3 is 2. The zero-order chi connectivity index (χ0) is 23.9. The van der Waals surface area contributed by atoms with Gasteiger partial charge in [-0.15, -0.1) is 0 Å². The molecule has 0 saturated carbocycles. The van der Waals surface area contributed by atoms with E-state index in [2.05, 4.69) is 10.3 Å². The Hall–Kier alpha value is -3.87. The number of nitrogens with zero attached hydrogens (tertiary/aromatic N) is 2. The molecule has 1 N–H and O–H groups in total. The first-order valence-electron chi connectivity index (χ1n) is 11.4. The quantitative estimate of drug-likeness (QED) is 0.552. The summed E-state index contributed by atoms with van der Waals surface area (Å²) in [7, 11) is 3.17. The van der Waals surface area contributed by atoms with Gasteiger partial charge in [0.15, 0.2) is 0 Å². The number of pyridine rings is 1. The number of hydrogen-bond donors (Lipinski definition) is 1. The Labute approximate surface area is 199 Å². The molecular formula is C27H29N3O4. The molecule has 7 nitrogen and oxygen atoms in total. The summed E-state index contributed by atoms with van der Waals surface area (Å²) in [6, 6.07) is 17.2. The first kappa shape index (κ1) is 23.3. The van der Waals surface area contributed by atoms with E-state index in [0.29, 0.717) is 43.0 Å². The lowest BCUT2D eigenvalue weighted by Gasteiger charge is -2.29. The van der Waals surface area contributed by atoms with Crippen LogP contribution in [-0.2, 0) is 24.2 Å². The van der Waals surface area contributed by atoms with Crippen molar-refractivity contribution in [3.05, 3.63) is 83.2 Å². The molecule has 0 fully saturated rings. The summed E-state index contributed by atoms with van der Waals surface area (Å²) in [5.74, 6) is 1.11. The number of rotatable bonds is 8. The van der Waals surface area contributed by atoms with Gasteiger partial charge in [0.1, 0.15) is 11.5 Å². The summed E-state index contributed by atoms with van der Waals surface area (Å²) in [4.78, 5) is 32.2. The zero-order valence-electron chi connectivity index (χ0n) is 19.5. The first-order valence-corrected chi connectivity index (χ1v) is 11.4. The van der Waals surface area contributed by atoms with Gasteiger partial charge in [0.2, 0.25) is 5.91 Å². The van der Waals surface area contributed by atoms with Crippen LogP contribution in [0, 0.1) is 0 Å². The Morgan fingerprint density at radius 3 is 2.44 bits per heavy atom. The molecule has 1 aromatic heterocycles. The van der Waals surface area contributed by atoms with Crippen molar-refractivity contribution < 1.29 is 19.1 Å². The number of benzene rings is 2. The van der Waals surface area contributed by atoms with Crippen LogP contribution in [0.4, 0.5) is 5.69 Å². The van der Waals surface area contributed by atoms with E-state index in [9.17, 15) is 9.59 Å². The molecule has 0 bridgehead atoms. The molecule has 7 heteroatoms. The van der Waals surface area contributed by atoms with E-state index in [1.807, 2.05) is 42.5 Å². The SMILES string of the molecule is COc1cc(CNC(=O)c2cnc3c(c2)N(C(=O)CCc2ccccc2)CCC3)cc(OC)c1. The van der Waals surface area contributed by atoms with Crippen molar-refractivity contribution in [2.24, 2.45) is 0 Å². The Balaban J connectivity index is 1.45. The van der Waals surface area contributed by atoms with Crippen molar-refractivity contribution in [1.29, 1.82) is 0 Å². The van der Waals surface area contributed by atoms with E-state index in [0.717, 1.165) is 35.3 Å². The Bertz CT molecular complexity index is 1140. The lowest BCUT2D eigenvalue weighted by atomic mass is 10.0. The summed E-state index contributed by atoms with van der Waals surface area (Å²) in [5, 5.41) is 2.92. The topological polar surface area (TPSA) is 80.8 Å². The van der Waals surface area contributed by atoms with Gasteiger partial charge >= 0.3 is 0 Å². The van der Waals surface area contributed by atoms with E-state index in [1.54, 1.807) is 37.4 Å². The van der Waals surface area contributed by atoms with Crippen LogP contribution < -0.4 is 19.7 Å². The fourth-order valence-corrected chi connectivity index (χ4v) is 4.10. The third kappa shape index (κ3) is 5.54. The summed E-state index contributed by atoms with van der Waals surface area (Å²) < 4.78 is 10.6. The molecule has 0 saturated heterocycles. The van der Waals surface area contributed by atoms with Crippen LogP contribution in [0.2, 0.25) is 0 Å². The molecule has 4 rings (SSSR count). The second-order valence-electron chi connectivity index (χ2n) is 8.23. The monoisotopic (exact) mass is 459 g/mol. The zero-order valence-corrected chi connectivity index (χ0v) is 19.5. The third-order valence-corrected chi connectivity index (χ3v) is 5.93. The van der Waals surface area contributed by atoms with Crippen molar-refractivity contribution in [2.75, 3.05) is 25.7 Å². The maximum absolute atomic E-state index is 13.0. The molecule has 2 aromatic carbocycles. The Morgan fingerprint density at radius 2 is 1.74 bits per heavy atom. The van der Waals surface area contributed by atoms with E-state index in [1.165, 1.54) is 0 Å². The highest BCUT2D eigenvalue weighted by Crippen LogP contribution is 2.28. The van der Waals surface area contributed by atoms with Gasteiger partial charge in [-0.3, -0.25) is 14.6 Å². The number of aryl methyl sites for hydroxylation is 2. The van der Waals surface area contributed by atoms with Gasteiger partial charge in [-0.2, -0.15) is 0 Å². The summed E-state index contributed by atoms with van der Waals surface area (Å²) in [6.45, 7) is 0.945. The number of ether oxygens (including phenoxy) is 2. The molecule has 0 unspecified atom stereocenters. The minimum absolute atomic E-state index is 0.0487. The summed E-state index contributed by atoms with van der Waals surface area (Å²) in [6.07, 6.45) is 4.34. The van der Waals surface area contributed by atoms with Gasteiger partial charge in [-0.05, 0) is 48.6 Å². The molecule has 0 aliphatic carbocycles. The predicted molar refractivity (Wildman–Crippen MR) is 130 cm³/mol. The van der Waals surface area contributed by atoms with Crippen molar-refractivity contribution in [3.63, 3.8) is 0 Å². The van der Waals surface area contributed by atoms with Crippen LogP contribution in [0.5, 0.6) is 11.5 Å². The molecule has 0 spiro atoms. The Morgan fingerprint density at radius 1 is 1.00 bits per heavy atom.